The van der Waals surface area contributed by atoms with E-state index >= 15 is 0 Å². The van der Waals surface area contributed by atoms with Crippen molar-refractivity contribution in [3.63, 3.8) is 0 Å². The van der Waals surface area contributed by atoms with Crippen molar-refractivity contribution in [2.24, 2.45) is 11.8 Å². The zero-order valence-corrected chi connectivity index (χ0v) is 20.7. The molecule has 7 heteroatoms. The number of hydrogen-bond donors (Lipinski definition) is 2. The number of ether oxygens (including phenoxy) is 1. The van der Waals surface area contributed by atoms with Gasteiger partial charge < -0.3 is 14.7 Å². The molecule has 0 amide bonds. The van der Waals surface area contributed by atoms with Crippen molar-refractivity contribution in [3.05, 3.63) is 58.4 Å². The standard InChI is InChI=1S/C27H33N3O3S/c1-32-22-8-10-26-25(17-22)24(11-13-28-26)27(29-33-2)9-7-20-12-15-30(18-21(20)19-31)14-3-5-23-6-4-16-34-23/h4,6,8,10-11,13,16-17,20-21,27,29,31H,7,9,12,14-15,18-19H2,1-2H3/t20-,21-,27?/m1/s1. The van der Waals surface area contributed by atoms with E-state index in [1.54, 1.807) is 25.6 Å². The highest BCUT2D eigenvalue weighted by Crippen LogP contribution is 2.33. The number of benzene rings is 1. The summed E-state index contributed by atoms with van der Waals surface area (Å²) in [6.45, 7) is 2.85. The molecule has 4 rings (SSSR count). The highest BCUT2D eigenvalue weighted by molar-refractivity contribution is 7.10. The normalized spacial score (nSPS) is 19.5. The molecule has 1 saturated heterocycles. The van der Waals surface area contributed by atoms with Gasteiger partial charge in [0.15, 0.2) is 0 Å². The molecular weight excluding hydrogens is 446 g/mol. The molecule has 2 N–H and O–H groups in total. The summed E-state index contributed by atoms with van der Waals surface area (Å²) >= 11 is 1.67. The number of likely N-dealkylation sites (tertiary alicyclic amines) is 1. The molecule has 0 bridgehead atoms. The number of aliphatic hydroxyl groups excluding tert-OH is 1. The zero-order chi connectivity index (χ0) is 23.8. The van der Waals surface area contributed by atoms with Crippen molar-refractivity contribution in [3.8, 4) is 17.6 Å². The molecule has 0 aliphatic carbocycles. The van der Waals surface area contributed by atoms with Crippen LogP contribution < -0.4 is 10.2 Å². The smallest absolute Gasteiger partial charge is 0.119 e. The number of aliphatic hydroxyl groups is 1. The predicted octanol–water partition coefficient (Wildman–Crippen LogP) is 4.26. The Balaban J connectivity index is 1.40. The summed E-state index contributed by atoms with van der Waals surface area (Å²) in [7, 11) is 3.33. The second-order valence-electron chi connectivity index (χ2n) is 8.74. The molecule has 1 fully saturated rings. The maximum Gasteiger partial charge on any atom is 0.119 e. The minimum atomic E-state index is 0.0247. The van der Waals surface area contributed by atoms with E-state index < -0.39 is 0 Å². The quantitative estimate of drug-likeness (QED) is 0.353. The number of methoxy groups -OCH3 is 1. The first-order chi connectivity index (χ1) is 16.7. The Kier molecular flexibility index (Phi) is 8.91. The van der Waals surface area contributed by atoms with Gasteiger partial charge in [-0.1, -0.05) is 17.9 Å². The van der Waals surface area contributed by atoms with Crippen molar-refractivity contribution >= 4 is 22.2 Å². The first-order valence-corrected chi connectivity index (χ1v) is 12.7. The molecular formula is C27H33N3O3S. The van der Waals surface area contributed by atoms with E-state index in [0.717, 1.165) is 66.0 Å². The summed E-state index contributed by atoms with van der Waals surface area (Å²) in [6, 6.07) is 12.1. The van der Waals surface area contributed by atoms with Gasteiger partial charge in [-0.05, 0) is 78.9 Å². The van der Waals surface area contributed by atoms with Gasteiger partial charge >= 0.3 is 0 Å². The number of thiophene rings is 1. The van der Waals surface area contributed by atoms with Crippen molar-refractivity contribution < 1.29 is 14.7 Å². The van der Waals surface area contributed by atoms with Gasteiger partial charge in [-0.3, -0.25) is 9.88 Å². The second kappa shape index (κ2) is 12.3. The third-order valence-electron chi connectivity index (χ3n) is 6.69. The minimum absolute atomic E-state index is 0.0247. The van der Waals surface area contributed by atoms with Crippen LogP contribution in [0.2, 0.25) is 0 Å². The molecule has 180 valence electrons. The average Bonchev–Trinajstić information content (AvgIpc) is 3.40. The van der Waals surface area contributed by atoms with Gasteiger partial charge in [0, 0.05) is 24.7 Å². The van der Waals surface area contributed by atoms with Crippen LogP contribution in [-0.4, -0.2) is 55.5 Å². The lowest BCUT2D eigenvalue weighted by Crippen LogP contribution is -2.42. The highest BCUT2D eigenvalue weighted by atomic mass is 32.1. The molecule has 1 aromatic carbocycles. The number of nitrogens with one attached hydrogen (secondary N) is 1. The fraction of sp³-hybridized carbons (Fsp3) is 0.444. The van der Waals surface area contributed by atoms with Crippen molar-refractivity contribution in [1.82, 2.24) is 15.4 Å². The Bertz CT molecular complexity index is 1110. The molecule has 3 aromatic rings. The van der Waals surface area contributed by atoms with Crippen LogP contribution in [0, 0.1) is 23.7 Å². The predicted molar refractivity (Wildman–Crippen MR) is 137 cm³/mol. The van der Waals surface area contributed by atoms with E-state index in [9.17, 15) is 5.11 Å². The summed E-state index contributed by atoms with van der Waals surface area (Å²) in [6.07, 6.45) is 4.83. The van der Waals surface area contributed by atoms with Gasteiger partial charge in [-0.15, -0.1) is 11.3 Å². The van der Waals surface area contributed by atoms with Gasteiger partial charge in [0.05, 0.1) is 37.2 Å². The number of piperidine rings is 1. The lowest BCUT2D eigenvalue weighted by atomic mass is 9.81. The van der Waals surface area contributed by atoms with Crippen LogP contribution >= 0.6 is 11.3 Å². The zero-order valence-electron chi connectivity index (χ0n) is 19.9. The Hall–Kier alpha value is -2.47. The SMILES string of the molecule is CONC(CC[C@@H]1CCN(CC#Cc2cccs2)C[C@@H]1CO)c1ccnc2ccc(OC)cc12. The first-order valence-electron chi connectivity index (χ1n) is 11.8. The summed E-state index contributed by atoms with van der Waals surface area (Å²) in [4.78, 5) is 13.4. The Labute approximate surface area is 205 Å². The fourth-order valence-electron chi connectivity index (χ4n) is 4.85. The van der Waals surface area contributed by atoms with Crippen LogP contribution in [0.5, 0.6) is 5.75 Å². The molecule has 34 heavy (non-hydrogen) atoms. The number of fused-ring (bicyclic) bond motifs is 1. The van der Waals surface area contributed by atoms with Gasteiger partial charge in [0.1, 0.15) is 5.75 Å². The van der Waals surface area contributed by atoms with Gasteiger partial charge in [0.2, 0.25) is 0 Å². The molecule has 3 heterocycles. The van der Waals surface area contributed by atoms with Crippen molar-refractivity contribution in [2.75, 3.05) is 40.5 Å². The molecule has 1 aliphatic rings. The van der Waals surface area contributed by atoms with Crippen LogP contribution in [0.3, 0.4) is 0 Å². The van der Waals surface area contributed by atoms with Gasteiger partial charge in [-0.25, -0.2) is 0 Å². The van der Waals surface area contributed by atoms with E-state index in [2.05, 4.69) is 33.3 Å². The molecule has 2 aromatic heterocycles. The van der Waals surface area contributed by atoms with E-state index in [-0.39, 0.29) is 18.6 Å². The molecule has 6 nitrogen and oxygen atoms in total. The Morgan fingerprint density at radius 3 is 2.94 bits per heavy atom. The number of nitrogens with zero attached hydrogens (tertiary/aromatic N) is 2. The number of aromatic nitrogens is 1. The molecule has 1 unspecified atom stereocenters. The molecule has 3 atom stereocenters. The van der Waals surface area contributed by atoms with E-state index in [1.807, 2.05) is 41.9 Å². The summed E-state index contributed by atoms with van der Waals surface area (Å²) in [5.74, 6) is 8.07. The number of pyridine rings is 1. The minimum Gasteiger partial charge on any atom is -0.497 e. The monoisotopic (exact) mass is 479 g/mol. The van der Waals surface area contributed by atoms with Gasteiger partial charge in [-0.2, -0.15) is 5.48 Å². The average molecular weight is 480 g/mol. The second-order valence-corrected chi connectivity index (χ2v) is 9.69. The molecule has 0 saturated carbocycles. The maximum absolute atomic E-state index is 10.1. The van der Waals surface area contributed by atoms with Crippen LogP contribution in [0.15, 0.2) is 48.0 Å². The lowest BCUT2D eigenvalue weighted by Gasteiger charge is -2.37. The van der Waals surface area contributed by atoms with E-state index in [1.165, 1.54) is 0 Å². The largest absolute Gasteiger partial charge is 0.497 e. The third-order valence-corrected chi connectivity index (χ3v) is 7.47. The number of hydroxylamine groups is 1. The topological polar surface area (TPSA) is 66.9 Å². The van der Waals surface area contributed by atoms with Crippen LogP contribution in [0.4, 0.5) is 0 Å². The molecule has 1 aliphatic heterocycles. The summed E-state index contributed by atoms with van der Waals surface area (Å²) in [5, 5.41) is 13.2. The first kappa shape index (κ1) is 24.6. The summed E-state index contributed by atoms with van der Waals surface area (Å²) < 4.78 is 5.44. The van der Waals surface area contributed by atoms with Crippen molar-refractivity contribution in [2.45, 2.75) is 25.3 Å². The maximum atomic E-state index is 10.1. The van der Waals surface area contributed by atoms with Crippen LogP contribution in [-0.2, 0) is 4.84 Å². The summed E-state index contributed by atoms with van der Waals surface area (Å²) in [5.41, 5.74) is 5.27. The van der Waals surface area contributed by atoms with E-state index in [4.69, 9.17) is 9.57 Å². The van der Waals surface area contributed by atoms with Crippen molar-refractivity contribution in [1.29, 1.82) is 0 Å². The molecule has 0 radical (unpaired) electrons. The van der Waals surface area contributed by atoms with Crippen LogP contribution in [0.25, 0.3) is 10.9 Å². The number of rotatable bonds is 9. The van der Waals surface area contributed by atoms with Crippen LogP contribution in [0.1, 0.15) is 35.7 Å². The molecule has 0 spiro atoms. The lowest BCUT2D eigenvalue weighted by molar-refractivity contribution is 0.0444. The fourth-order valence-corrected chi connectivity index (χ4v) is 5.44. The van der Waals surface area contributed by atoms with E-state index in [0.29, 0.717) is 5.92 Å². The Morgan fingerprint density at radius 2 is 2.18 bits per heavy atom. The highest BCUT2D eigenvalue weighted by Gasteiger charge is 2.29. The Morgan fingerprint density at radius 1 is 1.26 bits per heavy atom. The number of hydrogen-bond acceptors (Lipinski definition) is 7. The van der Waals surface area contributed by atoms with Gasteiger partial charge in [0.25, 0.3) is 0 Å². The third kappa shape index (κ3) is 6.15.